The van der Waals surface area contributed by atoms with E-state index in [0.717, 1.165) is 24.2 Å². The first-order chi connectivity index (χ1) is 9.23. The zero-order valence-electron chi connectivity index (χ0n) is 13.8. The van der Waals surface area contributed by atoms with Gasteiger partial charge in [-0.2, -0.15) is 0 Å². The highest BCUT2D eigenvalue weighted by Gasteiger charge is 2.31. The monoisotopic (exact) mass is 278 g/mol. The van der Waals surface area contributed by atoms with Crippen LogP contribution in [0.2, 0.25) is 0 Å². The van der Waals surface area contributed by atoms with Crippen molar-refractivity contribution >= 4 is 0 Å². The molecule has 0 bridgehead atoms. The first-order valence-corrected chi connectivity index (χ1v) is 7.72. The van der Waals surface area contributed by atoms with Crippen molar-refractivity contribution in [3.63, 3.8) is 0 Å². The smallest absolute Gasteiger partial charge is 0.120 e. The zero-order valence-corrected chi connectivity index (χ0v) is 13.8. The van der Waals surface area contributed by atoms with E-state index >= 15 is 0 Å². The zero-order chi connectivity index (χ0) is 15.3. The van der Waals surface area contributed by atoms with Crippen LogP contribution in [0.3, 0.4) is 0 Å². The standard InChI is InChI=1S/C18H30O2/c1-13(2)11-18(19,12-14(3)4)16-8-7-9-17(10-16)20-15(5)6/h7-10,13-15,19H,11-12H2,1-6H3. The number of aliphatic hydroxyl groups is 1. The molecule has 0 fully saturated rings. The van der Waals surface area contributed by atoms with Crippen molar-refractivity contribution in [3.05, 3.63) is 29.8 Å². The lowest BCUT2D eigenvalue weighted by atomic mass is 9.80. The van der Waals surface area contributed by atoms with Crippen LogP contribution < -0.4 is 4.74 Å². The molecule has 0 saturated heterocycles. The van der Waals surface area contributed by atoms with Crippen molar-refractivity contribution in [2.75, 3.05) is 0 Å². The van der Waals surface area contributed by atoms with Crippen LogP contribution in [0.4, 0.5) is 0 Å². The predicted molar refractivity (Wildman–Crippen MR) is 85.0 cm³/mol. The fourth-order valence-electron chi connectivity index (χ4n) is 2.80. The Morgan fingerprint density at radius 1 is 1.00 bits per heavy atom. The summed E-state index contributed by atoms with van der Waals surface area (Å²) in [6, 6.07) is 7.93. The SMILES string of the molecule is CC(C)CC(O)(CC(C)C)c1cccc(OC(C)C)c1. The Morgan fingerprint density at radius 2 is 1.55 bits per heavy atom. The molecule has 1 aromatic carbocycles. The molecular weight excluding hydrogens is 248 g/mol. The molecule has 0 unspecified atom stereocenters. The summed E-state index contributed by atoms with van der Waals surface area (Å²) in [5.74, 6) is 1.74. The molecule has 2 heteroatoms. The second kappa shape index (κ2) is 7.12. The van der Waals surface area contributed by atoms with Crippen LogP contribution >= 0.6 is 0 Å². The third-order valence-electron chi connectivity index (χ3n) is 3.24. The van der Waals surface area contributed by atoms with E-state index in [0.29, 0.717) is 11.8 Å². The van der Waals surface area contributed by atoms with Gasteiger partial charge in [0.15, 0.2) is 0 Å². The third-order valence-corrected chi connectivity index (χ3v) is 3.24. The average Bonchev–Trinajstić information content (AvgIpc) is 2.26. The van der Waals surface area contributed by atoms with Crippen molar-refractivity contribution in [1.82, 2.24) is 0 Å². The molecule has 0 amide bonds. The van der Waals surface area contributed by atoms with E-state index in [1.54, 1.807) is 0 Å². The molecule has 1 rings (SSSR count). The average molecular weight is 278 g/mol. The van der Waals surface area contributed by atoms with Crippen LogP contribution in [0.25, 0.3) is 0 Å². The van der Waals surface area contributed by atoms with E-state index in [4.69, 9.17) is 4.74 Å². The normalized spacial score (nSPS) is 12.5. The molecule has 20 heavy (non-hydrogen) atoms. The molecule has 1 aromatic rings. The summed E-state index contributed by atoms with van der Waals surface area (Å²) in [5.41, 5.74) is 0.205. The van der Waals surface area contributed by atoms with Gasteiger partial charge >= 0.3 is 0 Å². The largest absolute Gasteiger partial charge is 0.491 e. The topological polar surface area (TPSA) is 29.5 Å². The minimum atomic E-state index is -0.765. The molecule has 0 radical (unpaired) electrons. The predicted octanol–water partition coefficient (Wildman–Crippen LogP) is 4.75. The van der Waals surface area contributed by atoms with Gasteiger partial charge in [0.05, 0.1) is 11.7 Å². The molecule has 1 N–H and O–H groups in total. The number of hydrogen-bond acceptors (Lipinski definition) is 2. The van der Waals surface area contributed by atoms with Gasteiger partial charge in [0.25, 0.3) is 0 Å². The molecule has 0 aliphatic carbocycles. The molecule has 114 valence electrons. The van der Waals surface area contributed by atoms with Crippen LogP contribution in [0.5, 0.6) is 5.75 Å². The first-order valence-electron chi connectivity index (χ1n) is 7.72. The van der Waals surface area contributed by atoms with Gasteiger partial charge in [-0.1, -0.05) is 39.8 Å². The fraction of sp³-hybridized carbons (Fsp3) is 0.667. The lowest BCUT2D eigenvalue weighted by Gasteiger charge is -2.32. The van der Waals surface area contributed by atoms with Crippen LogP contribution in [0, 0.1) is 11.8 Å². The Labute approximate surface area is 124 Å². The minimum Gasteiger partial charge on any atom is -0.491 e. The Hall–Kier alpha value is -1.02. The van der Waals surface area contributed by atoms with Crippen molar-refractivity contribution in [3.8, 4) is 5.75 Å². The van der Waals surface area contributed by atoms with Crippen LogP contribution in [-0.2, 0) is 5.60 Å². The maximum absolute atomic E-state index is 11.1. The number of hydrogen-bond donors (Lipinski definition) is 1. The van der Waals surface area contributed by atoms with Gasteiger partial charge in [-0.3, -0.25) is 0 Å². The Kier molecular flexibility index (Phi) is 6.07. The van der Waals surface area contributed by atoms with Gasteiger partial charge in [-0.15, -0.1) is 0 Å². The highest BCUT2D eigenvalue weighted by molar-refractivity contribution is 5.32. The summed E-state index contributed by atoms with van der Waals surface area (Å²) in [4.78, 5) is 0. The van der Waals surface area contributed by atoms with Gasteiger partial charge < -0.3 is 9.84 Å². The Balaban J connectivity index is 3.06. The first kappa shape index (κ1) is 17.0. The fourth-order valence-corrected chi connectivity index (χ4v) is 2.80. The summed E-state index contributed by atoms with van der Waals surface area (Å²) in [6.07, 6.45) is 1.70. The summed E-state index contributed by atoms with van der Waals surface area (Å²) in [5, 5.41) is 11.1. The Morgan fingerprint density at radius 3 is 2.00 bits per heavy atom. The molecule has 0 aromatic heterocycles. The number of rotatable bonds is 7. The molecule has 0 aliphatic heterocycles. The van der Waals surface area contributed by atoms with E-state index in [1.807, 2.05) is 38.1 Å². The maximum atomic E-state index is 11.1. The summed E-state index contributed by atoms with van der Waals surface area (Å²) in [6.45, 7) is 12.6. The molecular formula is C18H30O2. The Bertz CT molecular complexity index is 398. The van der Waals surface area contributed by atoms with Crippen molar-refractivity contribution in [1.29, 1.82) is 0 Å². The van der Waals surface area contributed by atoms with E-state index in [9.17, 15) is 5.11 Å². The molecule has 0 atom stereocenters. The number of benzene rings is 1. The maximum Gasteiger partial charge on any atom is 0.120 e. The van der Waals surface area contributed by atoms with Crippen LogP contribution in [0.15, 0.2) is 24.3 Å². The van der Waals surface area contributed by atoms with Gasteiger partial charge in [0.2, 0.25) is 0 Å². The third kappa shape index (κ3) is 5.16. The van der Waals surface area contributed by atoms with Crippen molar-refractivity contribution < 1.29 is 9.84 Å². The summed E-state index contributed by atoms with van der Waals surface area (Å²) in [7, 11) is 0. The highest BCUT2D eigenvalue weighted by Crippen LogP contribution is 2.36. The summed E-state index contributed by atoms with van der Waals surface area (Å²) >= 11 is 0. The molecule has 0 heterocycles. The van der Waals surface area contributed by atoms with Crippen LogP contribution in [0.1, 0.15) is 59.9 Å². The van der Waals surface area contributed by atoms with Gasteiger partial charge in [-0.25, -0.2) is 0 Å². The molecule has 0 saturated carbocycles. The lowest BCUT2D eigenvalue weighted by molar-refractivity contribution is -0.00476. The molecule has 0 spiro atoms. The van der Waals surface area contributed by atoms with Crippen molar-refractivity contribution in [2.45, 2.75) is 66.1 Å². The number of ether oxygens (including phenoxy) is 1. The molecule has 2 nitrogen and oxygen atoms in total. The summed E-state index contributed by atoms with van der Waals surface area (Å²) < 4.78 is 5.75. The minimum absolute atomic E-state index is 0.147. The van der Waals surface area contributed by atoms with Gasteiger partial charge in [0, 0.05) is 0 Å². The van der Waals surface area contributed by atoms with Gasteiger partial charge in [0.1, 0.15) is 5.75 Å². The van der Waals surface area contributed by atoms with Gasteiger partial charge in [-0.05, 0) is 56.2 Å². The van der Waals surface area contributed by atoms with E-state index in [2.05, 4.69) is 27.7 Å². The highest BCUT2D eigenvalue weighted by atomic mass is 16.5. The van der Waals surface area contributed by atoms with Crippen molar-refractivity contribution in [2.24, 2.45) is 11.8 Å². The quantitative estimate of drug-likeness (QED) is 0.779. The second-order valence-electron chi connectivity index (χ2n) is 6.92. The van der Waals surface area contributed by atoms with E-state index in [-0.39, 0.29) is 6.10 Å². The molecule has 0 aliphatic rings. The van der Waals surface area contributed by atoms with E-state index < -0.39 is 5.60 Å². The van der Waals surface area contributed by atoms with E-state index in [1.165, 1.54) is 0 Å². The lowest BCUT2D eigenvalue weighted by Crippen LogP contribution is -2.29. The second-order valence-corrected chi connectivity index (χ2v) is 6.92. The van der Waals surface area contributed by atoms with Crippen LogP contribution in [-0.4, -0.2) is 11.2 Å².